The van der Waals surface area contributed by atoms with E-state index in [1.807, 2.05) is 62.6 Å². The van der Waals surface area contributed by atoms with Gasteiger partial charge in [-0.3, -0.25) is 4.79 Å². The van der Waals surface area contributed by atoms with E-state index in [0.29, 0.717) is 23.7 Å². The molecule has 0 fully saturated rings. The summed E-state index contributed by atoms with van der Waals surface area (Å²) in [6.45, 7) is 4.42. The fraction of sp³-hybridized carbons (Fsp3) is 0.273. The summed E-state index contributed by atoms with van der Waals surface area (Å²) in [5, 5.41) is 3.96. The second-order valence-electron chi connectivity index (χ2n) is 6.77. The molecule has 2 aromatic carbocycles. The monoisotopic (exact) mass is 409 g/mol. The minimum absolute atomic E-state index is 0.253. The number of furan rings is 1. The molecular weight excluding hydrogens is 386 g/mol. The van der Waals surface area contributed by atoms with Crippen LogP contribution < -0.4 is 10.1 Å². The minimum Gasteiger partial charge on any atom is -0.494 e. The van der Waals surface area contributed by atoms with Gasteiger partial charge in [0.25, 0.3) is 5.91 Å². The lowest BCUT2D eigenvalue weighted by Crippen LogP contribution is -2.31. The van der Waals surface area contributed by atoms with Crippen LogP contribution in [0.5, 0.6) is 5.75 Å². The first kappa shape index (κ1) is 19.4. The highest BCUT2D eigenvalue weighted by Crippen LogP contribution is 2.29. The van der Waals surface area contributed by atoms with Crippen molar-refractivity contribution in [1.82, 2.24) is 15.3 Å². The number of aromatic amines is 1. The molecule has 0 aliphatic rings. The maximum atomic E-state index is 13.0. The molecule has 1 amide bonds. The summed E-state index contributed by atoms with van der Waals surface area (Å²) in [6, 6.07) is 13.2. The molecule has 0 aliphatic carbocycles. The number of rotatable bonds is 7. The van der Waals surface area contributed by atoms with Crippen molar-refractivity contribution in [2.24, 2.45) is 0 Å². The molecule has 29 heavy (non-hydrogen) atoms. The highest BCUT2D eigenvalue weighted by atomic mass is 32.2. The van der Waals surface area contributed by atoms with Gasteiger partial charge in [-0.15, -0.1) is 0 Å². The fourth-order valence-electron chi connectivity index (χ4n) is 3.39. The molecule has 7 heteroatoms. The third-order valence-corrected chi connectivity index (χ3v) is 5.47. The van der Waals surface area contributed by atoms with Crippen molar-refractivity contribution in [3.8, 4) is 5.75 Å². The fourth-order valence-corrected chi connectivity index (χ4v) is 3.96. The quantitative estimate of drug-likeness (QED) is 0.456. The van der Waals surface area contributed by atoms with Gasteiger partial charge in [0.15, 0.2) is 5.76 Å². The number of fused-ring (bicyclic) bond motifs is 2. The highest BCUT2D eigenvalue weighted by Gasteiger charge is 2.23. The number of benzene rings is 2. The Hall–Kier alpha value is -2.93. The van der Waals surface area contributed by atoms with Crippen LogP contribution in [-0.2, 0) is 0 Å². The number of H-pyrrole nitrogens is 1. The predicted molar refractivity (Wildman–Crippen MR) is 117 cm³/mol. The molecule has 0 bridgehead atoms. The summed E-state index contributed by atoms with van der Waals surface area (Å²) in [6.07, 6.45) is 2.00. The van der Waals surface area contributed by atoms with E-state index in [-0.39, 0.29) is 11.9 Å². The number of nitrogens with one attached hydrogen (secondary N) is 2. The molecule has 0 saturated heterocycles. The Morgan fingerprint density at radius 2 is 2.14 bits per heavy atom. The van der Waals surface area contributed by atoms with E-state index in [0.717, 1.165) is 33.6 Å². The molecule has 2 aromatic heterocycles. The number of hydrogen-bond donors (Lipinski definition) is 2. The van der Waals surface area contributed by atoms with Crippen LogP contribution in [0.15, 0.2) is 46.9 Å². The Labute approximate surface area is 173 Å². The Kier molecular flexibility index (Phi) is 5.49. The van der Waals surface area contributed by atoms with Gasteiger partial charge in [0.05, 0.1) is 23.7 Å². The summed E-state index contributed by atoms with van der Waals surface area (Å²) in [5.41, 5.74) is 3.30. The first-order valence-corrected chi connectivity index (χ1v) is 10.9. The molecule has 2 N–H and O–H groups in total. The first-order valence-electron chi connectivity index (χ1n) is 9.51. The minimum atomic E-state index is -0.254. The molecule has 0 aliphatic heterocycles. The number of amides is 1. The van der Waals surface area contributed by atoms with Crippen molar-refractivity contribution in [1.29, 1.82) is 0 Å². The average molecular weight is 410 g/mol. The van der Waals surface area contributed by atoms with Crippen LogP contribution in [0, 0.1) is 6.92 Å². The number of nitrogens with zero attached hydrogens (tertiary/aromatic N) is 1. The number of para-hydroxylation sites is 2. The van der Waals surface area contributed by atoms with E-state index in [9.17, 15) is 4.79 Å². The van der Waals surface area contributed by atoms with Crippen molar-refractivity contribution in [2.75, 3.05) is 18.6 Å². The first-order chi connectivity index (χ1) is 14.1. The van der Waals surface area contributed by atoms with Crippen molar-refractivity contribution >= 4 is 39.7 Å². The van der Waals surface area contributed by atoms with Crippen molar-refractivity contribution < 1.29 is 13.9 Å². The lowest BCUT2D eigenvalue weighted by Gasteiger charge is -2.15. The second kappa shape index (κ2) is 8.21. The zero-order chi connectivity index (χ0) is 20.4. The van der Waals surface area contributed by atoms with Crippen LogP contribution in [0.3, 0.4) is 0 Å². The van der Waals surface area contributed by atoms with Gasteiger partial charge in [0.1, 0.15) is 17.2 Å². The van der Waals surface area contributed by atoms with E-state index < -0.39 is 0 Å². The van der Waals surface area contributed by atoms with E-state index in [1.54, 1.807) is 11.8 Å². The van der Waals surface area contributed by atoms with Gasteiger partial charge in [-0.25, -0.2) is 4.98 Å². The Bertz CT molecular complexity index is 1130. The maximum absolute atomic E-state index is 13.0. The normalized spacial score (nSPS) is 12.4. The Morgan fingerprint density at radius 1 is 1.31 bits per heavy atom. The van der Waals surface area contributed by atoms with Gasteiger partial charge < -0.3 is 19.5 Å². The topological polar surface area (TPSA) is 80.2 Å². The highest BCUT2D eigenvalue weighted by molar-refractivity contribution is 7.98. The summed E-state index contributed by atoms with van der Waals surface area (Å²) < 4.78 is 11.4. The zero-order valence-electron chi connectivity index (χ0n) is 16.6. The number of hydrogen-bond acceptors (Lipinski definition) is 5. The third-order valence-electron chi connectivity index (χ3n) is 4.80. The van der Waals surface area contributed by atoms with Gasteiger partial charge in [0.2, 0.25) is 0 Å². The van der Waals surface area contributed by atoms with E-state index in [2.05, 4.69) is 15.3 Å². The summed E-state index contributed by atoms with van der Waals surface area (Å²) >= 11 is 1.65. The predicted octanol–water partition coefficient (Wildman–Crippen LogP) is 4.85. The second-order valence-corrected chi connectivity index (χ2v) is 7.68. The molecule has 0 radical (unpaired) electrons. The van der Waals surface area contributed by atoms with Gasteiger partial charge in [-0.05, 0) is 50.4 Å². The van der Waals surface area contributed by atoms with Crippen LogP contribution in [0.2, 0.25) is 0 Å². The van der Waals surface area contributed by atoms with Gasteiger partial charge >= 0.3 is 0 Å². The number of thioether (sulfide) groups is 1. The molecule has 4 aromatic rings. The molecule has 2 heterocycles. The number of carbonyl (C=O) groups is 1. The van der Waals surface area contributed by atoms with Gasteiger partial charge in [-0.2, -0.15) is 11.8 Å². The molecule has 0 unspecified atom stereocenters. The smallest absolute Gasteiger partial charge is 0.287 e. The van der Waals surface area contributed by atoms with E-state index in [1.165, 1.54) is 0 Å². The van der Waals surface area contributed by atoms with E-state index >= 15 is 0 Å². The van der Waals surface area contributed by atoms with Crippen molar-refractivity contribution in [2.45, 2.75) is 19.9 Å². The SMILES string of the molecule is CCOc1ccc2oc(C(=O)N[C@@H](CSC)c3nc4ccccc4[nH]3)c(C)c2c1. The number of imidazole rings is 1. The lowest BCUT2D eigenvalue weighted by atomic mass is 10.1. The standard InChI is InChI=1S/C22H23N3O3S/c1-4-27-14-9-10-19-15(11-14)13(2)20(28-19)22(26)25-18(12-29-3)21-23-16-7-5-6-8-17(16)24-21/h5-11,18H,4,12H2,1-3H3,(H,23,24)(H,25,26)/t18-/m0/s1. The number of aromatic nitrogens is 2. The largest absolute Gasteiger partial charge is 0.494 e. The molecule has 0 spiro atoms. The van der Waals surface area contributed by atoms with Gasteiger partial charge in [0, 0.05) is 16.7 Å². The average Bonchev–Trinajstić information content (AvgIpc) is 3.29. The third kappa shape index (κ3) is 3.82. The van der Waals surface area contributed by atoms with Crippen molar-refractivity contribution in [3.63, 3.8) is 0 Å². The van der Waals surface area contributed by atoms with Gasteiger partial charge in [-0.1, -0.05) is 12.1 Å². The molecule has 1 atom stereocenters. The Morgan fingerprint density at radius 3 is 2.90 bits per heavy atom. The Balaban J connectivity index is 1.63. The maximum Gasteiger partial charge on any atom is 0.287 e. The molecule has 150 valence electrons. The van der Waals surface area contributed by atoms with Crippen LogP contribution in [0.4, 0.5) is 0 Å². The summed E-state index contributed by atoms with van der Waals surface area (Å²) in [5.74, 6) is 2.26. The van der Waals surface area contributed by atoms with Crippen LogP contribution in [0.25, 0.3) is 22.0 Å². The lowest BCUT2D eigenvalue weighted by molar-refractivity contribution is 0.0912. The molecule has 0 saturated carbocycles. The van der Waals surface area contributed by atoms with Crippen LogP contribution >= 0.6 is 11.8 Å². The number of carbonyl (C=O) groups excluding carboxylic acids is 1. The van der Waals surface area contributed by atoms with Crippen molar-refractivity contribution in [3.05, 3.63) is 59.6 Å². The zero-order valence-corrected chi connectivity index (χ0v) is 17.4. The number of ether oxygens (including phenoxy) is 1. The van der Waals surface area contributed by atoms with Crippen LogP contribution in [-0.4, -0.2) is 34.5 Å². The van der Waals surface area contributed by atoms with E-state index in [4.69, 9.17) is 9.15 Å². The molecule has 4 rings (SSSR count). The summed E-state index contributed by atoms with van der Waals surface area (Å²) in [4.78, 5) is 21.0. The molecular formula is C22H23N3O3S. The summed E-state index contributed by atoms with van der Waals surface area (Å²) in [7, 11) is 0. The molecule has 6 nitrogen and oxygen atoms in total. The number of aryl methyl sites for hydroxylation is 1. The van der Waals surface area contributed by atoms with Crippen LogP contribution in [0.1, 0.15) is 34.9 Å².